The van der Waals surface area contributed by atoms with Crippen molar-refractivity contribution < 1.29 is 0 Å². The Morgan fingerprint density at radius 2 is 0.929 bits per heavy atom. The zero-order valence-corrected chi connectivity index (χ0v) is 16.2. The Kier molecular flexibility index (Phi) is 3.12. The van der Waals surface area contributed by atoms with Crippen LogP contribution < -0.4 is 5.46 Å². The zero-order valence-electron chi connectivity index (χ0n) is 16.2. The van der Waals surface area contributed by atoms with Crippen molar-refractivity contribution in [3.63, 3.8) is 0 Å². The molecule has 0 unspecified atom stereocenters. The van der Waals surface area contributed by atoms with Gasteiger partial charge in [-0.15, -0.1) is 0 Å². The predicted molar refractivity (Wildman–Crippen MR) is 120 cm³/mol. The number of hydrogen-bond acceptors (Lipinski definition) is 0. The summed E-state index contributed by atoms with van der Waals surface area (Å²) in [6.07, 6.45) is 0. The van der Waals surface area contributed by atoms with Gasteiger partial charge in [-0.25, -0.2) is 0 Å². The average molecular weight is 356 g/mol. The van der Waals surface area contributed by atoms with Gasteiger partial charge in [0.15, 0.2) is 6.71 Å². The van der Waals surface area contributed by atoms with Crippen LogP contribution >= 0.6 is 0 Å². The lowest BCUT2D eigenvalue weighted by molar-refractivity contribution is 0.794. The molecule has 28 heavy (non-hydrogen) atoms. The summed E-state index contributed by atoms with van der Waals surface area (Å²) in [6.45, 7) is 5.08. The lowest BCUT2D eigenvalue weighted by atomic mass is 9.49. The molecule has 0 fully saturated rings. The molecule has 1 heteroatoms. The number of fused-ring (bicyclic) bond motifs is 10. The van der Waals surface area contributed by atoms with Gasteiger partial charge in [0.25, 0.3) is 0 Å². The van der Waals surface area contributed by atoms with Gasteiger partial charge in [0.1, 0.15) is 0 Å². The van der Waals surface area contributed by atoms with Gasteiger partial charge in [-0.05, 0) is 44.5 Å². The minimum atomic E-state index is -0.200. The summed E-state index contributed by atoms with van der Waals surface area (Å²) in [4.78, 5) is 0. The van der Waals surface area contributed by atoms with E-state index in [9.17, 15) is 0 Å². The van der Waals surface area contributed by atoms with Gasteiger partial charge in [0, 0.05) is 0 Å². The Hall–Kier alpha value is -3.06. The maximum absolute atomic E-state index is 2.43. The molecule has 0 N–H and O–H groups in total. The van der Waals surface area contributed by atoms with Crippen molar-refractivity contribution >= 4 is 12.2 Å². The molecule has 4 aromatic rings. The summed E-state index contributed by atoms with van der Waals surface area (Å²) >= 11 is 0. The standard InChI is InChI=1S/C27H21B/c1-28(2)18-15-16-26-22(17-18)21-11-5-8-14-25(21)27(26)23-12-6-3-9-19(23)20-10-4-7-13-24(20)27/h3-17H,1-2H3. The third-order valence-corrected chi connectivity index (χ3v) is 6.69. The highest BCUT2D eigenvalue weighted by atomic mass is 14.5. The normalized spacial score (nSPS) is 14.4. The van der Waals surface area contributed by atoms with E-state index in [1.807, 2.05) is 0 Å². The number of rotatable bonds is 1. The van der Waals surface area contributed by atoms with Crippen LogP contribution in [-0.4, -0.2) is 6.71 Å². The topological polar surface area (TPSA) is 0 Å². The maximum Gasteiger partial charge on any atom is 0.169 e. The zero-order chi connectivity index (χ0) is 18.9. The molecule has 0 amide bonds. The van der Waals surface area contributed by atoms with Gasteiger partial charge in [-0.1, -0.05) is 110 Å². The SMILES string of the molecule is CB(C)c1ccc2c(c1)-c1ccccc1C21c2ccccc2-c2ccccc21. The molecule has 2 aliphatic carbocycles. The van der Waals surface area contributed by atoms with E-state index in [-0.39, 0.29) is 5.41 Å². The van der Waals surface area contributed by atoms with E-state index in [1.165, 1.54) is 50.0 Å². The fourth-order valence-electron chi connectivity index (χ4n) is 5.48. The van der Waals surface area contributed by atoms with Crippen molar-refractivity contribution in [3.8, 4) is 22.3 Å². The van der Waals surface area contributed by atoms with Crippen LogP contribution in [0.25, 0.3) is 22.3 Å². The molecule has 0 nitrogen and oxygen atoms in total. The van der Waals surface area contributed by atoms with Crippen molar-refractivity contribution in [2.45, 2.75) is 19.1 Å². The minimum absolute atomic E-state index is 0.200. The van der Waals surface area contributed by atoms with Crippen molar-refractivity contribution in [2.24, 2.45) is 0 Å². The Bertz CT molecular complexity index is 1200. The van der Waals surface area contributed by atoms with Gasteiger partial charge in [-0.3, -0.25) is 0 Å². The second-order valence-corrected chi connectivity index (χ2v) is 8.35. The summed E-state index contributed by atoms with van der Waals surface area (Å²) in [6, 6.07) is 34.1. The molecule has 0 aromatic heterocycles. The van der Waals surface area contributed by atoms with Crippen molar-refractivity contribution in [2.75, 3.05) is 0 Å². The molecule has 4 aromatic carbocycles. The third kappa shape index (κ3) is 1.77. The summed E-state index contributed by atoms with van der Waals surface area (Å²) < 4.78 is 0. The van der Waals surface area contributed by atoms with Crippen molar-refractivity contribution in [1.29, 1.82) is 0 Å². The molecule has 0 saturated carbocycles. The minimum Gasteiger partial charge on any atom is -0.0819 e. The van der Waals surface area contributed by atoms with Gasteiger partial charge in [0.05, 0.1) is 5.41 Å². The second-order valence-electron chi connectivity index (χ2n) is 8.35. The van der Waals surface area contributed by atoms with Crippen LogP contribution in [-0.2, 0) is 5.41 Å². The lowest BCUT2D eigenvalue weighted by Crippen LogP contribution is -2.27. The van der Waals surface area contributed by atoms with E-state index in [1.54, 1.807) is 0 Å². The van der Waals surface area contributed by atoms with Crippen LogP contribution in [0.2, 0.25) is 13.6 Å². The van der Waals surface area contributed by atoms with Crippen LogP contribution in [0.3, 0.4) is 0 Å². The Morgan fingerprint density at radius 1 is 0.500 bits per heavy atom. The fraction of sp³-hybridized carbons (Fsp3) is 0.111. The quantitative estimate of drug-likeness (QED) is 0.317. The highest BCUT2D eigenvalue weighted by molar-refractivity contribution is 6.70. The van der Waals surface area contributed by atoms with Crippen LogP contribution in [0.5, 0.6) is 0 Å². The van der Waals surface area contributed by atoms with Gasteiger partial charge >= 0.3 is 0 Å². The van der Waals surface area contributed by atoms with Crippen LogP contribution in [0.4, 0.5) is 0 Å². The molecule has 0 atom stereocenters. The van der Waals surface area contributed by atoms with Crippen LogP contribution in [0.1, 0.15) is 22.3 Å². The first-order valence-electron chi connectivity index (χ1n) is 10.2. The fourth-order valence-corrected chi connectivity index (χ4v) is 5.48. The van der Waals surface area contributed by atoms with E-state index in [0.29, 0.717) is 6.71 Å². The average Bonchev–Trinajstić information content (AvgIpc) is 3.21. The first-order valence-corrected chi connectivity index (χ1v) is 10.2. The molecule has 0 aliphatic heterocycles. The monoisotopic (exact) mass is 356 g/mol. The molecule has 2 aliphatic rings. The van der Waals surface area contributed by atoms with E-state index < -0.39 is 0 Å². The first-order chi connectivity index (χ1) is 13.7. The Morgan fingerprint density at radius 3 is 1.43 bits per heavy atom. The maximum atomic E-state index is 2.43. The van der Waals surface area contributed by atoms with Crippen molar-refractivity contribution in [3.05, 3.63) is 113 Å². The summed E-state index contributed by atoms with van der Waals surface area (Å²) in [5.74, 6) is 0. The summed E-state index contributed by atoms with van der Waals surface area (Å²) in [7, 11) is 0. The summed E-state index contributed by atoms with van der Waals surface area (Å²) in [5.41, 5.74) is 12.4. The molecule has 6 rings (SSSR count). The van der Waals surface area contributed by atoms with Crippen molar-refractivity contribution in [1.82, 2.24) is 0 Å². The molecular formula is C27H21B. The number of hydrogen-bond donors (Lipinski definition) is 0. The highest BCUT2D eigenvalue weighted by Crippen LogP contribution is 2.62. The van der Waals surface area contributed by atoms with E-state index in [4.69, 9.17) is 0 Å². The smallest absolute Gasteiger partial charge is 0.0819 e. The Labute approximate surface area is 167 Å². The molecule has 132 valence electrons. The van der Waals surface area contributed by atoms with Crippen LogP contribution in [0.15, 0.2) is 91.0 Å². The Balaban J connectivity index is 1.81. The number of benzene rings is 4. The third-order valence-electron chi connectivity index (χ3n) is 6.69. The molecule has 1 spiro atoms. The van der Waals surface area contributed by atoms with E-state index in [0.717, 1.165) is 0 Å². The largest absolute Gasteiger partial charge is 0.169 e. The molecular weight excluding hydrogens is 335 g/mol. The van der Waals surface area contributed by atoms with Gasteiger partial charge in [-0.2, -0.15) is 0 Å². The predicted octanol–water partition coefficient (Wildman–Crippen LogP) is 5.99. The van der Waals surface area contributed by atoms with Gasteiger partial charge in [0.2, 0.25) is 0 Å². The van der Waals surface area contributed by atoms with Gasteiger partial charge < -0.3 is 0 Å². The molecule has 0 radical (unpaired) electrons. The molecule has 0 bridgehead atoms. The highest BCUT2D eigenvalue weighted by Gasteiger charge is 2.51. The van der Waals surface area contributed by atoms with E-state index >= 15 is 0 Å². The first kappa shape index (κ1) is 16.0. The van der Waals surface area contributed by atoms with Crippen LogP contribution in [0, 0.1) is 0 Å². The van der Waals surface area contributed by atoms with E-state index in [2.05, 4.69) is 105 Å². The molecule has 0 saturated heterocycles. The lowest BCUT2D eigenvalue weighted by Gasteiger charge is -2.30. The summed E-state index contributed by atoms with van der Waals surface area (Å²) in [5, 5.41) is 0. The second kappa shape index (κ2) is 5.48. The molecule has 0 heterocycles.